The first-order valence-electron chi connectivity index (χ1n) is 9.81. The smallest absolute Gasteiger partial charge is 0.204 e. The molecule has 2 aromatic heterocycles. The van der Waals surface area contributed by atoms with Gasteiger partial charge in [0.25, 0.3) is 0 Å². The third-order valence-electron chi connectivity index (χ3n) is 3.40. The Morgan fingerprint density at radius 1 is 1.00 bits per heavy atom. The zero-order valence-corrected chi connectivity index (χ0v) is 20.1. The summed E-state index contributed by atoms with van der Waals surface area (Å²) in [6, 6.07) is 1.58. The van der Waals surface area contributed by atoms with E-state index in [0.717, 1.165) is 30.2 Å². The van der Waals surface area contributed by atoms with Crippen molar-refractivity contribution in [2.45, 2.75) is 34.6 Å². The summed E-state index contributed by atoms with van der Waals surface area (Å²) in [5.41, 5.74) is 1.66. The number of aliphatic hydroxyl groups excluding tert-OH is 2. The van der Waals surface area contributed by atoms with E-state index >= 15 is 0 Å². The highest BCUT2D eigenvalue weighted by atomic mass is 32.2. The number of thioether (sulfide) groups is 2. The molecule has 2 N–H and O–H groups in total. The minimum absolute atomic E-state index is 0.000345. The van der Waals surface area contributed by atoms with Crippen molar-refractivity contribution in [2.24, 2.45) is 0 Å². The topological polar surface area (TPSA) is 73.9 Å². The first-order chi connectivity index (χ1) is 13.7. The second kappa shape index (κ2) is 17.2. The van der Waals surface area contributed by atoms with Gasteiger partial charge in [-0.2, -0.15) is 23.5 Å². The van der Waals surface area contributed by atoms with Gasteiger partial charge in [-0.15, -0.1) is 11.3 Å². The van der Waals surface area contributed by atoms with Crippen molar-refractivity contribution in [1.82, 2.24) is 0 Å². The van der Waals surface area contributed by atoms with Crippen molar-refractivity contribution in [3.05, 3.63) is 27.2 Å². The van der Waals surface area contributed by atoms with Crippen LogP contribution in [0.15, 0.2) is 20.7 Å². The summed E-state index contributed by atoms with van der Waals surface area (Å²) in [5, 5.41) is 19.7. The number of anilines is 1. The van der Waals surface area contributed by atoms with Crippen LogP contribution >= 0.6 is 34.9 Å². The Balaban J connectivity index is 0.00000171. The van der Waals surface area contributed by atoms with Gasteiger partial charge in [0.05, 0.1) is 13.2 Å². The second-order valence-corrected chi connectivity index (χ2v) is 8.51. The normalized spacial score (nSPS) is 10.1. The third-order valence-corrected chi connectivity index (χ3v) is 6.38. The Morgan fingerprint density at radius 2 is 1.54 bits per heavy atom. The lowest BCUT2D eigenvalue weighted by Gasteiger charge is -2.23. The minimum atomic E-state index is 0.000345. The van der Waals surface area contributed by atoms with Crippen LogP contribution in [0.1, 0.15) is 33.3 Å². The fourth-order valence-electron chi connectivity index (χ4n) is 2.21. The van der Waals surface area contributed by atoms with Crippen molar-refractivity contribution in [1.29, 1.82) is 0 Å². The molecule has 0 saturated heterocycles. The molecule has 0 aliphatic carbocycles. The zero-order chi connectivity index (χ0) is 21.4. The molecule has 0 aromatic carbocycles. The summed E-state index contributed by atoms with van der Waals surface area (Å²) in [6.07, 6.45) is 0. The molecule has 2 heterocycles. The molecule has 0 unspecified atom stereocenters. The summed E-state index contributed by atoms with van der Waals surface area (Å²) in [6.45, 7) is 11.8. The van der Waals surface area contributed by atoms with E-state index in [1.807, 2.05) is 40.0 Å². The Hall–Kier alpha value is -0.670. The van der Waals surface area contributed by atoms with Crippen LogP contribution < -0.4 is 10.3 Å². The average molecular weight is 450 g/mol. The molecule has 28 heavy (non-hydrogen) atoms. The standard InChI is InChI=1S/C16H23NO4S3.2C2H6/c1-12-11-24-16-13(20)10-14(21-15(12)16)17(2-6-22-8-4-18)3-7-23-9-5-19;2*1-2/h10-11,18-19H,2-9H2,1H3;2*1-2H3. The molecule has 0 spiro atoms. The fourth-order valence-corrected chi connectivity index (χ4v) is 4.46. The van der Waals surface area contributed by atoms with Crippen molar-refractivity contribution >= 4 is 51.0 Å². The van der Waals surface area contributed by atoms with Gasteiger partial charge in [0.2, 0.25) is 5.43 Å². The lowest BCUT2D eigenvalue weighted by molar-refractivity contribution is 0.322. The Labute approximate surface area is 181 Å². The zero-order valence-electron chi connectivity index (χ0n) is 17.7. The van der Waals surface area contributed by atoms with Gasteiger partial charge in [-0.1, -0.05) is 27.7 Å². The van der Waals surface area contributed by atoms with E-state index in [1.54, 1.807) is 29.6 Å². The van der Waals surface area contributed by atoms with E-state index < -0.39 is 0 Å². The summed E-state index contributed by atoms with van der Waals surface area (Å²) < 4.78 is 6.68. The van der Waals surface area contributed by atoms with Crippen LogP contribution in [0.3, 0.4) is 0 Å². The Morgan fingerprint density at radius 3 is 2.04 bits per heavy atom. The summed E-state index contributed by atoms with van der Waals surface area (Å²) in [7, 11) is 0. The Bertz CT molecular complexity index is 676. The quantitative estimate of drug-likeness (QED) is 0.490. The number of thiophene rings is 1. The van der Waals surface area contributed by atoms with Crippen LogP contribution in [0.2, 0.25) is 0 Å². The molecule has 0 saturated carbocycles. The molecule has 0 aliphatic rings. The van der Waals surface area contributed by atoms with Crippen LogP contribution in [0.4, 0.5) is 5.88 Å². The number of fused-ring (bicyclic) bond motifs is 1. The van der Waals surface area contributed by atoms with E-state index in [4.69, 9.17) is 14.6 Å². The number of aliphatic hydroxyl groups is 2. The number of aryl methyl sites for hydroxylation is 1. The van der Waals surface area contributed by atoms with Crippen LogP contribution in [0, 0.1) is 6.92 Å². The highest BCUT2D eigenvalue weighted by molar-refractivity contribution is 7.99. The molecule has 5 nitrogen and oxygen atoms in total. The second-order valence-electron chi connectivity index (χ2n) is 5.18. The maximum atomic E-state index is 12.3. The molecule has 0 fully saturated rings. The molecule has 2 aromatic rings. The minimum Gasteiger partial charge on any atom is -0.439 e. The van der Waals surface area contributed by atoms with Gasteiger partial charge in [-0.05, 0) is 12.3 Å². The predicted octanol–water partition coefficient (Wildman–Crippen LogP) is 4.47. The molecule has 0 atom stereocenters. The molecule has 0 bridgehead atoms. The monoisotopic (exact) mass is 449 g/mol. The Kier molecular flexibility index (Phi) is 16.8. The summed E-state index contributed by atoms with van der Waals surface area (Å²) >= 11 is 4.77. The van der Waals surface area contributed by atoms with E-state index in [2.05, 4.69) is 4.90 Å². The molecule has 2 rings (SSSR count). The van der Waals surface area contributed by atoms with E-state index in [9.17, 15) is 4.79 Å². The van der Waals surface area contributed by atoms with Gasteiger partial charge in [0, 0.05) is 47.7 Å². The summed E-state index contributed by atoms with van der Waals surface area (Å²) in [4.78, 5) is 14.4. The van der Waals surface area contributed by atoms with Crippen LogP contribution in [0.5, 0.6) is 0 Å². The van der Waals surface area contributed by atoms with Crippen LogP contribution in [-0.2, 0) is 0 Å². The molecule has 0 aliphatic heterocycles. The van der Waals surface area contributed by atoms with E-state index in [-0.39, 0.29) is 18.6 Å². The number of hydrogen-bond acceptors (Lipinski definition) is 8. The van der Waals surface area contributed by atoms with Gasteiger partial charge in [-0.3, -0.25) is 4.79 Å². The predicted molar refractivity (Wildman–Crippen MR) is 129 cm³/mol. The number of hydrogen-bond donors (Lipinski definition) is 2. The van der Waals surface area contributed by atoms with Gasteiger partial charge < -0.3 is 19.5 Å². The first-order valence-corrected chi connectivity index (χ1v) is 13.0. The first kappa shape index (κ1) is 27.3. The van der Waals surface area contributed by atoms with Gasteiger partial charge in [0.1, 0.15) is 4.70 Å². The molecule has 0 amide bonds. The van der Waals surface area contributed by atoms with Crippen LogP contribution in [-0.4, -0.2) is 59.5 Å². The third kappa shape index (κ3) is 9.22. The highest BCUT2D eigenvalue weighted by Crippen LogP contribution is 2.27. The molecule has 0 radical (unpaired) electrons. The van der Waals surface area contributed by atoms with Gasteiger partial charge in [-0.25, -0.2) is 0 Å². The SMILES string of the molecule is CC.CC.Cc1csc2c(=O)cc(N(CCSCCO)CCSCCO)oc12. The van der Waals surface area contributed by atoms with Gasteiger partial charge >= 0.3 is 0 Å². The lowest BCUT2D eigenvalue weighted by Crippen LogP contribution is -2.29. The molecule has 162 valence electrons. The van der Waals surface area contributed by atoms with Gasteiger partial charge in [0.15, 0.2) is 11.5 Å². The van der Waals surface area contributed by atoms with Crippen LogP contribution in [0.25, 0.3) is 10.3 Å². The van der Waals surface area contributed by atoms with Crippen molar-refractivity contribution < 1.29 is 14.6 Å². The lowest BCUT2D eigenvalue weighted by atomic mass is 10.3. The number of nitrogens with zero attached hydrogens (tertiary/aromatic N) is 1. The molecule has 8 heteroatoms. The fraction of sp³-hybridized carbons (Fsp3) is 0.650. The van der Waals surface area contributed by atoms with Crippen molar-refractivity contribution in [3.63, 3.8) is 0 Å². The van der Waals surface area contributed by atoms with E-state index in [0.29, 0.717) is 27.7 Å². The van der Waals surface area contributed by atoms with E-state index in [1.165, 1.54) is 11.3 Å². The molecular weight excluding hydrogens is 414 g/mol. The van der Waals surface area contributed by atoms with Crippen molar-refractivity contribution in [3.8, 4) is 0 Å². The maximum Gasteiger partial charge on any atom is 0.204 e. The number of rotatable bonds is 11. The highest BCUT2D eigenvalue weighted by Gasteiger charge is 2.14. The molecular formula is C20H35NO4S3. The largest absolute Gasteiger partial charge is 0.439 e. The summed E-state index contributed by atoms with van der Waals surface area (Å²) in [5.74, 6) is 3.73. The maximum absolute atomic E-state index is 12.3. The average Bonchev–Trinajstić information content (AvgIpc) is 3.11. The van der Waals surface area contributed by atoms with Crippen molar-refractivity contribution in [2.75, 3.05) is 54.2 Å².